The number of anilines is 1. The molecular weight excluding hydrogens is 368 g/mol. The van der Waals surface area contributed by atoms with Crippen LogP contribution >= 0.6 is 0 Å². The smallest absolute Gasteiger partial charge is 0.263 e. The summed E-state index contributed by atoms with van der Waals surface area (Å²) in [5.41, 5.74) is 0.0908. The van der Waals surface area contributed by atoms with Gasteiger partial charge in [-0.1, -0.05) is 0 Å². The molecule has 1 aliphatic heterocycles. The van der Waals surface area contributed by atoms with Crippen LogP contribution < -0.4 is 10.9 Å². The van der Waals surface area contributed by atoms with Gasteiger partial charge in [0, 0.05) is 31.9 Å². The quantitative estimate of drug-likeness (QED) is 0.768. The SMILES string of the molecule is CC(C)(C)n1ncc2c(=O)[nH]c(NC3CCN(CCS(C)(=O)=O)CC3)nc21. The van der Waals surface area contributed by atoms with Crippen LogP contribution in [-0.4, -0.2) is 70.8 Å². The molecule has 27 heavy (non-hydrogen) atoms. The third kappa shape index (κ3) is 4.86. The summed E-state index contributed by atoms with van der Waals surface area (Å²) in [5, 5.41) is 8.12. The Kier molecular flexibility index (Phi) is 5.31. The number of hydrogen-bond acceptors (Lipinski definition) is 7. The Balaban J connectivity index is 1.68. The number of piperidine rings is 1. The second-order valence-electron chi connectivity index (χ2n) is 8.27. The maximum atomic E-state index is 12.4. The molecule has 0 bridgehead atoms. The Morgan fingerprint density at radius 3 is 2.56 bits per heavy atom. The van der Waals surface area contributed by atoms with Crippen LogP contribution in [0.1, 0.15) is 33.6 Å². The van der Waals surface area contributed by atoms with Crippen molar-refractivity contribution in [3.63, 3.8) is 0 Å². The Hall–Kier alpha value is -1.94. The van der Waals surface area contributed by atoms with Gasteiger partial charge in [-0.05, 0) is 33.6 Å². The molecule has 0 amide bonds. The van der Waals surface area contributed by atoms with Gasteiger partial charge < -0.3 is 10.2 Å². The van der Waals surface area contributed by atoms with Crippen molar-refractivity contribution in [3.8, 4) is 0 Å². The van der Waals surface area contributed by atoms with Crippen LogP contribution in [-0.2, 0) is 15.4 Å². The zero-order valence-corrected chi connectivity index (χ0v) is 17.1. The van der Waals surface area contributed by atoms with Gasteiger partial charge in [-0.2, -0.15) is 10.1 Å². The minimum absolute atomic E-state index is 0.186. The van der Waals surface area contributed by atoms with Gasteiger partial charge in [0.2, 0.25) is 5.95 Å². The number of nitrogens with zero attached hydrogens (tertiary/aromatic N) is 4. The normalized spacial score (nSPS) is 17.5. The number of aromatic amines is 1. The molecule has 150 valence electrons. The van der Waals surface area contributed by atoms with Crippen molar-refractivity contribution in [2.45, 2.75) is 45.2 Å². The monoisotopic (exact) mass is 396 g/mol. The van der Waals surface area contributed by atoms with E-state index in [4.69, 9.17) is 0 Å². The van der Waals surface area contributed by atoms with Crippen LogP contribution in [0.15, 0.2) is 11.0 Å². The summed E-state index contributed by atoms with van der Waals surface area (Å²) in [4.78, 5) is 21.9. The van der Waals surface area contributed by atoms with Gasteiger partial charge in [-0.15, -0.1) is 0 Å². The minimum atomic E-state index is -2.94. The van der Waals surface area contributed by atoms with Crippen molar-refractivity contribution in [1.29, 1.82) is 0 Å². The Morgan fingerprint density at radius 2 is 1.96 bits per heavy atom. The molecule has 10 heteroatoms. The molecule has 0 unspecified atom stereocenters. The molecule has 3 heterocycles. The first-order valence-corrected chi connectivity index (χ1v) is 11.2. The van der Waals surface area contributed by atoms with Crippen LogP contribution in [0.25, 0.3) is 11.0 Å². The summed E-state index contributed by atoms with van der Waals surface area (Å²) in [6.45, 7) is 8.25. The highest BCUT2D eigenvalue weighted by atomic mass is 32.2. The van der Waals surface area contributed by atoms with E-state index < -0.39 is 9.84 Å². The number of aromatic nitrogens is 4. The molecule has 0 spiro atoms. The van der Waals surface area contributed by atoms with Crippen molar-refractivity contribution in [1.82, 2.24) is 24.6 Å². The Labute approximate surface area is 159 Å². The van der Waals surface area contributed by atoms with E-state index in [2.05, 4.69) is 25.3 Å². The molecule has 0 radical (unpaired) electrons. The predicted molar refractivity (Wildman–Crippen MR) is 106 cm³/mol. The van der Waals surface area contributed by atoms with Gasteiger partial charge in [-0.3, -0.25) is 9.78 Å². The molecule has 0 aromatic carbocycles. The molecule has 9 nitrogen and oxygen atoms in total. The summed E-state index contributed by atoms with van der Waals surface area (Å²) in [7, 11) is -2.94. The van der Waals surface area contributed by atoms with Crippen molar-refractivity contribution in [3.05, 3.63) is 16.6 Å². The van der Waals surface area contributed by atoms with Crippen molar-refractivity contribution in [2.24, 2.45) is 0 Å². The molecule has 2 aromatic heterocycles. The topological polar surface area (TPSA) is 113 Å². The van der Waals surface area contributed by atoms with Crippen LogP contribution in [0, 0.1) is 0 Å². The Morgan fingerprint density at radius 1 is 1.30 bits per heavy atom. The van der Waals surface area contributed by atoms with E-state index in [1.54, 1.807) is 10.9 Å². The number of rotatable bonds is 5. The summed E-state index contributed by atoms with van der Waals surface area (Å²) < 4.78 is 24.4. The average Bonchev–Trinajstić information content (AvgIpc) is 2.98. The first-order chi connectivity index (χ1) is 12.5. The fourth-order valence-corrected chi connectivity index (χ4v) is 3.86. The lowest BCUT2D eigenvalue weighted by atomic mass is 10.1. The molecule has 2 N–H and O–H groups in total. The molecule has 1 fully saturated rings. The number of hydrogen-bond donors (Lipinski definition) is 2. The highest BCUT2D eigenvalue weighted by Crippen LogP contribution is 2.20. The van der Waals surface area contributed by atoms with Crippen LogP contribution in [0.3, 0.4) is 0 Å². The number of H-pyrrole nitrogens is 1. The zero-order valence-electron chi connectivity index (χ0n) is 16.3. The molecule has 0 atom stereocenters. The lowest BCUT2D eigenvalue weighted by Gasteiger charge is -2.32. The molecule has 3 rings (SSSR count). The average molecular weight is 397 g/mol. The highest BCUT2D eigenvalue weighted by molar-refractivity contribution is 7.90. The van der Waals surface area contributed by atoms with E-state index in [-0.39, 0.29) is 22.9 Å². The second-order valence-corrected chi connectivity index (χ2v) is 10.5. The van der Waals surface area contributed by atoms with E-state index in [0.29, 0.717) is 23.5 Å². The van der Waals surface area contributed by atoms with Gasteiger partial charge in [0.05, 0.1) is 17.5 Å². The lowest BCUT2D eigenvalue weighted by molar-refractivity contribution is 0.230. The second kappa shape index (κ2) is 7.23. The molecule has 0 saturated carbocycles. The van der Waals surface area contributed by atoms with Gasteiger partial charge >= 0.3 is 0 Å². The first kappa shape index (κ1) is 19.8. The van der Waals surface area contributed by atoms with Crippen LogP contribution in [0.5, 0.6) is 0 Å². The van der Waals surface area contributed by atoms with E-state index >= 15 is 0 Å². The van der Waals surface area contributed by atoms with Crippen molar-refractivity contribution < 1.29 is 8.42 Å². The fraction of sp³-hybridized carbons (Fsp3) is 0.706. The summed E-state index contributed by atoms with van der Waals surface area (Å²) in [6.07, 6.45) is 4.55. The molecular formula is C17H28N6O3S. The maximum Gasteiger partial charge on any atom is 0.263 e. The van der Waals surface area contributed by atoms with Gasteiger partial charge in [0.15, 0.2) is 5.65 Å². The largest absolute Gasteiger partial charge is 0.353 e. The molecule has 2 aromatic rings. The molecule has 0 aliphatic carbocycles. The third-order valence-electron chi connectivity index (χ3n) is 4.78. The minimum Gasteiger partial charge on any atom is -0.353 e. The number of sulfone groups is 1. The van der Waals surface area contributed by atoms with Gasteiger partial charge in [0.25, 0.3) is 5.56 Å². The summed E-state index contributed by atoms with van der Waals surface area (Å²) >= 11 is 0. The third-order valence-corrected chi connectivity index (χ3v) is 5.70. The summed E-state index contributed by atoms with van der Waals surface area (Å²) in [5.74, 6) is 0.640. The van der Waals surface area contributed by atoms with Gasteiger partial charge in [0.1, 0.15) is 15.2 Å². The van der Waals surface area contributed by atoms with E-state index in [9.17, 15) is 13.2 Å². The highest BCUT2D eigenvalue weighted by Gasteiger charge is 2.23. The Bertz CT molecular complexity index is 965. The maximum absolute atomic E-state index is 12.4. The standard InChI is InChI=1S/C17H28N6O3S/c1-17(2,3)23-14-13(11-18-23)15(24)21-16(20-14)19-12-5-7-22(8-6-12)9-10-27(4,25)26/h11-12H,5-10H2,1-4H3,(H2,19,20,21,24). The van der Waals surface area contributed by atoms with Crippen molar-refractivity contribution >= 4 is 26.8 Å². The zero-order chi connectivity index (χ0) is 19.8. The van der Waals surface area contributed by atoms with Crippen LogP contribution in [0.2, 0.25) is 0 Å². The van der Waals surface area contributed by atoms with E-state index in [1.165, 1.54) is 6.26 Å². The van der Waals surface area contributed by atoms with Crippen molar-refractivity contribution in [2.75, 3.05) is 37.0 Å². The lowest BCUT2D eigenvalue weighted by Crippen LogP contribution is -2.41. The van der Waals surface area contributed by atoms with E-state index in [1.807, 2.05) is 20.8 Å². The summed E-state index contributed by atoms with van der Waals surface area (Å²) in [6, 6.07) is 0.186. The number of nitrogens with one attached hydrogen (secondary N) is 2. The molecule has 1 saturated heterocycles. The first-order valence-electron chi connectivity index (χ1n) is 9.18. The fourth-order valence-electron chi connectivity index (χ4n) is 3.27. The van der Waals surface area contributed by atoms with E-state index in [0.717, 1.165) is 25.9 Å². The van der Waals surface area contributed by atoms with Crippen LogP contribution in [0.4, 0.5) is 5.95 Å². The number of fused-ring (bicyclic) bond motifs is 1. The van der Waals surface area contributed by atoms with Gasteiger partial charge in [-0.25, -0.2) is 13.1 Å². The number of likely N-dealkylation sites (tertiary alicyclic amines) is 1. The predicted octanol–water partition coefficient (Wildman–Crippen LogP) is 0.796. The molecule has 1 aliphatic rings.